The van der Waals surface area contributed by atoms with Crippen LogP contribution in [-0.4, -0.2) is 39.4 Å². The van der Waals surface area contributed by atoms with Gasteiger partial charge in [0.15, 0.2) is 0 Å². The highest BCUT2D eigenvalue weighted by molar-refractivity contribution is 7.89. The first kappa shape index (κ1) is 20.3. The Bertz CT molecular complexity index is 1200. The summed E-state index contributed by atoms with van der Waals surface area (Å²) >= 11 is 0. The Morgan fingerprint density at radius 3 is 2.77 bits per heavy atom. The summed E-state index contributed by atoms with van der Waals surface area (Å²) in [5, 5.41) is 11.8. The third-order valence-electron chi connectivity index (χ3n) is 5.97. The second-order valence-electron chi connectivity index (χ2n) is 8.30. The number of aromatic nitrogens is 5. The van der Waals surface area contributed by atoms with Gasteiger partial charge in [-0.15, -0.1) is 10.2 Å². The van der Waals surface area contributed by atoms with Crippen molar-refractivity contribution in [1.29, 1.82) is 0 Å². The lowest BCUT2D eigenvalue weighted by molar-refractivity contribution is 0.302. The van der Waals surface area contributed by atoms with E-state index in [2.05, 4.69) is 25.1 Å². The van der Waals surface area contributed by atoms with E-state index in [1.54, 1.807) is 6.33 Å². The van der Waals surface area contributed by atoms with Gasteiger partial charge >= 0.3 is 0 Å². The molecule has 2 aromatic heterocycles. The van der Waals surface area contributed by atoms with Gasteiger partial charge in [-0.05, 0) is 63.6 Å². The molecule has 2 fully saturated rings. The molecule has 0 unspecified atom stereocenters. The molecule has 0 amide bonds. The van der Waals surface area contributed by atoms with E-state index in [4.69, 9.17) is 4.52 Å². The first-order chi connectivity index (χ1) is 14.9. The van der Waals surface area contributed by atoms with Crippen LogP contribution in [-0.2, 0) is 10.0 Å². The van der Waals surface area contributed by atoms with Gasteiger partial charge in [0.2, 0.25) is 21.7 Å². The topological polar surface area (TPSA) is 116 Å². The monoisotopic (exact) mass is 446 g/mol. The fourth-order valence-electron chi connectivity index (χ4n) is 4.15. The van der Waals surface area contributed by atoms with Crippen LogP contribution in [0.1, 0.15) is 62.2 Å². The molecule has 0 spiro atoms. The van der Waals surface area contributed by atoms with Crippen molar-refractivity contribution in [3.63, 3.8) is 0 Å². The molecule has 2 heterocycles. The minimum Gasteiger partial charge on any atom is -0.339 e. The van der Waals surface area contributed by atoms with Crippen LogP contribution in [0.4, 0.5) is 4.39 Å². The van der Waals surface area contributed by atoms with Crippen molar-refractivity contribution in [2.45, 2.75) is 68.3 Å². The second-order valence-corrected chi connectivity index (χ2v) is 10.0. The van der Waals surface area contributed by atoms with Crippen LogP contribution in [0.25, 0.3) is 11.4 Å². The quantitative estimate of drug-likeness (QED) is 0.618. The summed E-state index contributed by atoms with van der Waals surface area (Å²) in [5.74, 6) is 0.998. The van der Waals surface area contributed by atoms with Gasteiger partial charge < -0.3 is 9.09 Å². The summed E-state index contributed by atoms with van der Waals surface area (Å²) in [6.07, 6.45) is 6.84. The molecule has 0 radical (unpaired) electrons. The number of hydrogen-bond donors (Lipinski definition) is 1. The van der Waals surface area contributed by atoms with Gasteiger partial charge in [-0.25, -0.2) is 17.5 Å². The van der Waals surface area contributed by atoms with Crippen molar-refractivity contribution in [3.8, 4) is 11.4 Å². The van der Waals surface area contributed by atoms with E-state index in [1.165, 1.54) is 12.1 Å². The molecule has 2 aliphatic carbocycles. The Kier molecular flexibility index (Phi) is 5.09. The molecule has 2 atom stereocenters. The molecule has 2 aliphatic rings. The van der Waals surface area contributed by atoms with Crippen LogP contribution in [0.3, 0.4) is 0 Å². The molecule has 1 N–H and O–H groups in total. The van der Waals surface area contributed by atoms with Crippen molar-refractivity contribution < 1.29 is 17.3 Å². The smallest absolute Gasteiger partial charge is 0.240 e. The minimum absolute atomic E-state index is 0.121. The molecule has 164 valence electrons. The normalized spacial score (nSPS) is 22.0. The predicted molar refractivity (Wildman–Crippen MR) is 108 cm³/mol. The van der Waals surface area contributed by atoms with E-state index in [0.717, 1.165) is 44.0 Å². The van der Waals surface area contributed by atoms with E-state index < -0.39 is 15.8 Å². The maximum absolute atomic E-state index is 14.7. The average molecular weight is 447 g/mol. The summed E-state index contributed by atoms with van der Waals surface area (Å²) < 4.78 is 50.4. The van der Waals surface area contributed by atoms with E-state index in [0.29, 0.717) is 12.3 Å². The van der Waals surface area contributed by atoms with Crippen LogP contribution < -0.4 is 4.72 Å². The Hall–Kier alpha value is -2.66. The van der Waals surface area contributed by atoms with Gasteiger partial charge in [-0.1, -0.05) is 5.16 Å². The molecular weight excluding hydrogens is 423 g/mol. The molecule has 2 saturated carbocycles. The number of nitrogens with one attached hydrogen (secondary N) is 1. The molecule has 11 heteroatoms. The van der Waals surface area contributed by atoms with E-state index >= 15 is 0 Å². The summed E-state index contributed by atoms with van der Waals surface area (Å²) in [6, 6.07) is 3.66. The molecule has 5 rings (SSSR count). The van der Waals surface area contributed by atoms with E-state index in [-0.39, 0.29) is 34.3 Å². The van der Waals surface area contributed by atoms with E-state index in [9.17, 15) is 12.8 Å². The maximum atomic E-state index is 14.7. The number of nitrogens with zero attached hydrogens (tertiary/aromatic N) is 5. The largest absolute Gasteiger partial charge is 0.339 e. The van der Waals surface area contributed by atoms with Crippen molar-refractivity contribution >= 4 is 10.0 Å². The van der Waals surface area contributed by atoms with Crippen LogP contribution in [0.15, 0.2) is 33.9 Å². The summed E-state index contributed by atoms with van der Waals surface area (Å²) in [4.78, 5) is 4.11. The molecule has 3 aromatic rings. The Morgan fingerprint density at radius 2 is 2.06 bits per heavy atom. The van der Waals surface area contributed by atoms with Crippen LogP contribution in [0.2, 0.25) is 0 Å². The summed E-state index contributed by atoms with van der Waals surface area (Å²) in [5.41, 5.74) is 0.121. The van der Waals surface area contributed by atoms with Crippen LogP contribution in [0, 0.1) is 12.7 Å². The zero-order valence-electron chi connectivity index (χ0n) is 17.0. The number of rotatable bonds is 6. The lowest BCUT2D eigenvalue weighted by Crippen LogP contribution is -2.39. The van der Waals surface area contributed by atoms with Crippen molar-refractivity contribution in [2.24, 2.45) is 0 Å². The van der Waals surface area contributed by atoms with Crippen LogP contribution in [0.5, 0.6) is 0 Å². The Labute approximate surface area is 179 Å². The molecule has 0 saturated heterocycles. The lowest BCUT2D eigenvalue weighted by atomic mass is 9.91. The zero-order valence-corrected chi connectivity index (χ0v) is 17.8. The molecule has 31 heavy (non-hydrogen) atoms. The highest BCUT2D eigenvalue weighted by Gasteiger charge is 2.31. The summed E-state index contributed by atoms with van der Waals surface area (Å²) in [6.45, 7) is 1.88. The van der Waals surface area contributed by atoms with Gasteiger partial charge in [0.05, 0.1) is 10.5 Å². The molecule has 1 aromatic carbocycles. The first-order valence-electron chi connectivity index (χ1n) is 10.4. The fraction of sp³-hybridized carbons (Fsp3) is 0.500. The maximum Gasteiger partial charge on any atom is 0.240 e. The zero-order chi connectivity index (χ0) is 21.6. The fourth-order valence-corrected chi connectivity index (χ4v) is 5.45. The number of sulfonamides is 1. The van der Waals surface area contributed by atoms with Crippen molar-refractivity contribution in [3.05, 3.63) is 42.1 Å². The van der Waals surface area contributed by atoms with E-state index in [1.807, 2.05) is 11.5 Å². The van der Waals surface area contributed by atoms with Gasteiger partial charge in [0.25, 0.3) is 0 Å². The second kappa shape index (κ2) is 7.79. The average Bonchev–Trinajstić information content (AvgIpc) is 3.31. The highest BCUT2D eigenvalue weighted by atomic mass is 32.2. The molecule has 0 bridgehead atoms. The van der Waals surface area contributed by atoms with Crippen molar-refractivity contribution in [2.75, 3.05) is 0 Å². The van der Waals surface area contributed by atoms with Gasteiger partial charge in [-0.2, -0.15) is 4.98 Å². The lowest BCUT2D eigenvalue weighted by Gasteiger charge is -2.30. The SMILES string of the molecule is Cc1nncn1[C@@H]1CCC[C@H](NS(=O)(=O)c2ccc(-c3noc(C4CC4)n3)c(F)c2)C1. The summed E-state index contributed by atoms with van der Waals surface area (Å²) in [7, 11) is -3.88. The van der Waals surface area contributed by atoms with Crippen LogP contribution >= 0.6 is 0 Å². The predicted octanol–water partition coefficient (Wildman–Crippen LogP) is 3.12. The third-order valence-corrected chi connectivity index (χ3v) is 7.49. The van der Waals surface area contributed by atoms with Gasteiger partial charge in [-0.3, -0.25) is 0 Å². The first-order valence-corrected chi connectivity index (χ1v) is 11.9. The number of halogens is 1. The Balaban J connectivity index is 1.32. The Morgan fingerprint density at radius 1 is 1.23 bits per heavy atom. The minimum atomic E-state index is -3.88. The highest BCUT2D eigenvalue weighted by Crippen LogP contribution is 2.39. The number of hydrogen-bond acceptors (Lipinski definition) is 7. The number of benzene rings is 1. The molecule has 0 aliphatic heterocycles. The molecule has 9 nitrogen and oxygen atoms in total. The molecular formula is C20H23FN6O3S. The third kappa shape index (κ3) is 4.11. The standard InChI is InChI=1S/C20H23FN6O3S/c1-12-24-22-11-27(12)15-4-2-3-14(9-15)26-31(28,29)16-7-8-17(18(21)10-16)19-23-20(30-25-19)13-5-6-13/h7-8,10-11,13-15,26H,2-6,9H2,1H3/t14-,15+/m0/s1. The number of aryl methyl sites for hydroxylation is 1. The van der Waals surface area contributed by atoms with Gasteiger partial charge in [0, 0.05) is 18.0 Å². The van der Waals surface area contributed by atoms with Gasteiger partial charge in [0.1, 0.15) is 18.0 Å². The van der Waals surface area contributed by atoms with Crippen molar-refractivity contribution in [1.82, 2.24) is 29.6 Å².